The number of hydrogen-bond donors (Lipinski definition) is 1. The third kappa shape index (κ3) is 3.52. The molecule has 2 aromatic rings. The largest absolute Gasteiger partial charge is 0.496 e. The van der Waals surface area contributed by atoms with Crippen molar-refractivity contribution in [3.8, 4) is 5.75 Å². The molecular formula is C15H16N2O3S. The molecule has 0 saturated carbocycles. The lowest BCUT2D eigenvalue weighted by Crippen LogP contribution is -2.08. The van der Waals surface area contributed by atoms with Gasteiger partial charge in [0.1, 0.15) is 22.2 Å². The van der Waals surface area contributed by atoms with E-state index in [1.54, 1.807) is 21.0 Å². The van der Waals surface area contributed by atoms with Crippen LogP contribution in [0.25, 0.3) is 0 Å². The van der Waals surface area contributed by atoms with E-state index in [1.165, 1.54) is 11.8 Å². The van der Waals surface area contributed by atoms with Gasteiger partial charge in [-0.05, 0) is 19.9 Å². The maximum absolute atomic E-state index is 11.4. The molecular weight excluding hydrogens is 288 g/mol. The minimum absolute atomic E-state index is 0.167. The number of carboxylic acids is 1. The molecule has 21 heavy (non-hydrogen) atoms. The highest BCUT2D eigenvalue weighted by atomic mass is 32.2. The van der Waals surface area contributed by atoms with E-state index in [2.05, 4.69) is 9.97 Å². The summed E-state index contributed by atoms with van der Waals surface area (Å²) in [7, 11) is 1.62. The fourth-order valence-corrected chi connectivity index (χ4v) is 3.11. The smallest absolute Gasteiger partial charge is 0.340 e. The number of benzene rings is 1. The summed E-state index contributed by atoms with van der Waals surface area (Å²) < 4.78 is 5.30. The molecule has 1 heterocycles. The Bertz CT molecular complexity index is 674. The SMILES string of the molecule is COc1ccccc1CSc1nc(C)nc(C)c1C(=O)O. The number of methoxy groups -OCH3 is 1. The minimum Gasteiger partial charge on any atom is -0.496 e. The number of thioether (sulfide) groups is 1. The molecule has 0 radical (unpaired) electrons. The minimum atomic E-state index is -1.00. The lowest BCUT2D eigenvalue weighted by atomic mass is 10.2. The van der Waals surface area contributed by atoms with E-state index < -0.39 is 5.97 Å². The van der Waals surface area contributed by atoms with Crippen LogP contribution in [0.15, 0.2) is 29.3 Å². The lowest BCUT2D eigenvalue weighted by molar-refractivity contribution is 0.0690. The number of aromatic nitrogens is 2. The van der Waals surface area contributed by atoms with E-state index in [0.29, 0.717) is 22.3 Å². The number of aryl methyl sites for hydroxylation is 2. The second-order valence-corrected chi connectivity index (χ2v) is 5.41. The van der Waals surface area contributed by atoms with E-state index in [0.717, 1.165) is 11.3 Å². The Morgan fingerprint density at radius 3 is 2.67 bits per heavy atom. The van der Waals surface area contributed by atoms with Crippen LogP contribution in [-0.4, -0.2) is 28.2 Å². The van der Waals surface area contributed by atoms with Crippen molar-refractivity contribution in [2.75, 3.05) is 7.11 Å². The molecule has 1 aromatic carbocycles. The fourth-order valence-electron chi connectivity index (χ4n) is 2.00. The summed E-state index contributed by atoms with van der Waals surface area (Å²) in [6.45, 7) is 3.44. The molecule has 0 atom stereocenters. The number of rotatable bonds is 5. The first-order valence-corrected chi connectivity index (χ1v) is 7.34. The van der Waals surface area contributed by atoms with Crippen LogP contribution in [-0.2, 0) is 5.75 Å². The van der Waals surface area contributed by atoms with Gasteiger partial charge in [-0.3, -0.25) is 0 Å². The Morgan fingerprint density at radius 2 is 2.00 bits per heavy atom. The predicted octanol–water partition coefficient (Wildman–Crippen LogP) is 3.09. The molecule has 0 fully saturated rings. The summed E-state index contributed by atoms with van der Waals surface area (Å²) in [4.78, 5) is 19.7. The van der Waals surface area contributed by atoms with Crippen molar-refractivity contribution in [1.82, 2.24) is 9.97 Å². The van der Waals surface area contributed by atoms with Gasteiger partial charge < -0.3 is 9.84 Å². The van der Waals surface area contributed by atoms with Crippen LogP contribution in [0.1, 0.15) is 27.4 Å². The Morgan fingerprint density at radius 1 is 1.29 bits per heavy atom. The standard InChI is InChI=1S/C15H16N2O3S/c1-9-13(15(18)19)14(17-10(2)16-9)21-8-11-6-4-5-7-12(11)20-3/h4-7H,8H2,1-3H3,(H,18,19). The highest BCUT2D eigenvalue weighted by Crippen LogP contribution is 2.29. The molecule has 1 N–H and O–H groups in total. The molecule has 0 bridgehead atoms. The molecule has 2 rings (SSSR count). The van der Waals surface area contributed by atoms with Crippen LogP contribution in [0.5, 0.6) is 5.75 Å². The third-order valence-corrected chi connectivity index (χ3v) is 3.96. The van der Waals surface area contributed by atoms with Gasteiger partial charge in [-0.2, -0.15) is 0 Å². The molecule has 6 heteroatoms. The van der Waals surface area contributed by atoms with Crippen molar-refractivity contribution in [2.45, 2.75) is 24.6 Å². The normalized spacial score (nSPS) is 10.4. The summed E-state index contributed by atoms with van der Waals surface area (Å²) in [5.41, 5.74) is 1.65. The number of nitrogens with zero attached hydrogens (tertiary/aromatic N) is 2. The van der Waals surface area contributed by atoms with Crippen LogP contribution in [0.2, 0.25) is 0 Å². The second kappa shape index (κ2) is 6.58. The molecule has 0 unspecified atom stereocenters. The molecule has 0 aliphatic rings. The zero-order valence-electron chi connectivity index (χ0n) is 12.1. The second-order valence-electron chi connectivity index (χ2n) is 4.44. The van der Waals surface area contributed by atoms with Crippen LogP contribution < -0.4 is 4.74 Å². The first kappa shape index (κ1) is 15.3. The molecule has 5 nitrogen and oxygen atoms in total. The zero-order chi connectivity index (χ0) is 15.4. The first-order valence-electron chi connectivity index (χ1n) is 6.36. The number of carbonyl (C=O) groups is 1. The van der Waals surface area contributed by atoms with Crippen LogP contribution in [0.4, 0.5) is 0 Å². The average Bonchev–Trinajstić information content (AvgIpc) is 2.44. The monoisotopic (exact) mass is 304 g/mol. The van der Waals surface area contributed by atoms with Gasteiger partial charge in [0, 0.05) is 11.3 Å². The number of aromatic carboxylic acids is 1. The first-order chi connectivity index (χ1) is 10.0. The van der Waals surface area contributed by atoms with Crippen molar-refractivity contribution in [1.29, 1.82) is 0 Å². The van der Waals surface area contributed by atoms with Crippen molar-refractivity contribution in [2.24, 2.45) is 0 Å². The number of para-hydroxylation sites is 1. The highest BCUT2D eigenvalue weighted by Gasteiger charge is 2.17. The summed E-state index contributed by atoms with van der Waals surface area (Å²) in [5, 5.41) is 9.80. The molecule has 0 saturated heterocycles. The molecule has 0 aliphatic carbocycles. The third-order valence-electron chi connectivity index (χ3n) is 2.94. The van der Waals surface area contributed by atoms with Gasteiger partial charge in [0.2, 0.25) is 0 Å². The Balaban J connectivity index is 2.30. The number of carboxylic acid groups (broad SMARTS) is 1. The van der Waals surface area contributed by atoms with Crippen LogP contribution >= 0.6 is 11.8 Å². The van der Waals surface area contributed by atoms with Gasteiger partial charge in [-0.1, -0.05) is 18.2 Å². The Kier molecular flexibility index (Phi) is 4.80. The van der Waals surface area contributed by atoms with E-state index >= 15 is 0 Å². The highest BCUT2D eigenvalue weighted by molar-refractivity contribution is 7.98. The van der Waals surface area contributed by atoms with Gasteiger partial charge in [-0.15, -0.1) is 11.8 Å². The fraction of sp³-hybridized carbons (Fsp3) is 0.267. The van der Waals surface area contributed by atoms with Gasteiger partial charge in [-0.25, -0.2) is 14.8 Å². The van der Waals surface area contributed by atoms with E-state index in [4.69, 9.17) is 4.74 Å². The van der Waals surface area contributed by atoms with Gasteiger partial charge in [0.05, 0.1) is 12.8 Å². The van der Waals surface area contributed by atoms with Crippen LogP contribution in [0.3, 0.4) is 0 Å². The van der Waals surface area contributed by atoms with Gasteiger partial charge >= 0.3 is 5.97 Å². The predicted molar refractivity (Wildman–Crippen MR) is 81.0 cm³/mol. The molecule has 0 amide bonds. The number of ether oxygens (including phenoxy) is 1. The Labute approximate surface area is 127 Å². The van der Waals surface area contributed by atoms with E-state index in [1.807, 2.05) is 24.3 Å². The molecule has 110 valence electrons. The van der Waals surface area contributed by atoms with E-state index in [9.17, 15) is 9.90 Å². The van der Waals surface area contributed by atoms with Crippen molar-refractivity contribution in [3.63, 3.8) is 0 Å². The number of hydrogen-bond acceptors (Lipinski definition) is 5. The van der Waals surface area contributed by atoms with E-state index in [-0.39, 0.29) is 5.56 Å². The maximum Gasteiger partial charge on any atom is 0.340 e. The molecule has 0 spiro atoms. The van der Waals surface area contributed by atoms with Crippen molar-refractivity contribution >= 4 is 17.7 Å². The van der Waals surface area contributed by atoms with Crippen molar-refractivity contribution < 1.29 is 14.6 Å². The van der Waals surface area contributed by atoms with Crippen molar-refractivity contribution in [3.05, 3.63) is 46.9 Å². The summed E-state index contributed by atoms with van der Waals surface area (Å²) in [5.74, 6) is 0.930. The quantitative estimate of drug-likeness (QED) is 0.676. The summed E-state index contributed by atoms with van der Waals surface area (Å²) in [6, 6.07) is 7.65. The average molecular weight is 304 g/mol. The maximum atomic E-state index is 11.4. The van der Waals surface area contributed by atoms with Gasteiger partial charge in [0.25, 0.3) is 0 Å². The topological polar surface area (TPSA) is 72.3 Å². The van der Waals surface area contributed by atoms with Gasteiger partial charge in [0.15, 0.2) is 0 Å². The van der Waals surface area contributed by atoms with Crippen LogP contribution in [0, 0.1) is 13.8 Å². The summed E-state index contributed by atoms with van der Waals surface area (Å²) in [6.07, 6.45) is 0. The molecule has 1 aromatic heterocycles. The summed E-state index contributed by atoms with van der Waals surface area (Å²) >= 11 is 1.37. The zero-order valence-corrected chi connectivity index (χ0v) is 12.9. The lowest BCUT2D eigenvalue weighted by Gasteiger charge is -2.10. The molecule has 0 aliphatic heterocycles. The Hall–Kier alpha value is -2.08.